The lowest BCUT2D eigenvalue weighted by molar-refractivity contribution is -0.129. The van der Waals surface area contributed by atoms with Crippen molar-refractivity contribution in [1.29, 1.82) is 0 Å². The highest BCUT2D eigenvalue weighted by molar-refractivity contribution is 6.36. The van der Waals surface area contributed by atoms with Crippen molar-refractivity contribution in [3.63, 3.8) is 0 Å². The van der Waals surface area contributed by atoms with Gasteiger partial charge in [0.2, 0.25) is 6.10 Å². The van der Waals surface area contributed by atoms with Crippen molar-refractivity contribution in [2.24, 2.45) is 5.16 Å². The number of nitrogens with zero attached hydrogens (tertiary/aromatic N) is 2. The van der Waals surface area contributed by atoms with Crippen LogP contribution in [0, 0.1) is 6.92 Å². The summed E-state index contributed by atoms with van der Waals surface area (Å²) in [5.74, 6) is -1.47. The minimum absolute atomic E-state index is 0.00956. The first-order valence-electron chi connectivity index (χ1n) is 5.79. The molecule has 1 heterocycles. The Balaban J connectivity index is 2.05. The molecule has 0 aliphatic carbocycles. The number of amides is 1. The predicted molar refractivity (Wildman–Crippen MR) is 69.1 cm³/mol. The second-order valence-corrected chi connectivity index (χ2v) is 4.37. The Bertz CT molecular complexity index is 536. The number of carboxylic acid groups (broad SMARTS) is 1. The first-order chi connectivity index (χ1) is 8.99. The van der Waals surface area contributed by atoms with E-state index in [4.69, 9.17) is 9.94 Å². The number of carboxylic acids is 1. The lowest BCUT2D eigenvalue weighted by Crippen LogP contribution is -2.37. The van der Waals surface area contributed by atoms with Gasteiger partial charge in [-0.25, -0.2) is 4.79 Å². The van der Waals surface area contributed by atoms with Crippen LogP contribution in [0.4, 0.5) is 5.69 Å². The molecule has 0 saturated heterocycles. The summed E-state index contributed by atoms with van der Waals surface area (Å²) in [5.41, 5.74) is 1.69. The van der Waals surface area contributed by atoms with E-state index in [1.54, 1.807) is 7.05 Å². The molecule has 2 rings (SSSR count). The number of carbonyl (C=O) groups excluding carboxylic acids is 1. The van der Waals surface area contributed by atoms with E-state index in [9.17, 15) is 9.59 Å². The van der Waals surface area contributed by atoms with Crippen molar-refractivity contribution in [2.75, 3.05) is 11.9 Å². The largest absolute Gasteiger partial charge is 0.477 e. The summed E-state index contributed by atoms with van der Waals surface area (Å²) in [6.07, 6.45) is -0.873. The van der Waals surface area contributed by atoms with Crippen molar-refractivity contribution in [3.8, 4) is 0 Å². The van der Waals surface area contributed by atoms with E-state index in [1.807, 2.05) is 31.2 Å². The molecular formula is C13H14N2O4. The summed E-state index contributed by atoms with van der Waals surface area (Å²) in [7, 11) is 1.62. The van der Waals surface area contributed by atoms with Crippen LogP contribution in [0.1, 0.15) is 12.0 Å². The first-order valence-corrected chi connectivity index (χ1v) is 5.79. The smallest absolute Gasteiger partial charge is 0.353 e. The molecule has 1 aliphatic heterocycles. The molecule has 1 aliphatic rings. The van der Waals surface area contributed by atoms with Crippen molar-refractivity contribution >= 4 is 23.3 Å². The number of oxime groups is 1. The molecule has 1 aromatic rings. The maximum atomic E-state index is 12.1. The van der Waals surface area contributed by atoms with Gasteiger partial charge >= 0.3 is 5.97 Å². The van der Waals surface area contributed by atoms with Crippen LogP contribution in [0.3, 0.4) is 0 Å². The zero-order valence-electron chi connectivity index (χ0n) is 10.7. The molecule has 1 amide bonds. The van der Waals surface area contributed by atoms with Crippen LogP contribution in [0.15, 0.2) is 29.4 Å². The van der Waals surface area contributed by atoms with Crippen molar-refractivity contribution < 1.29 is 19.5 Å². The van der Waals surface area contributed by atoms with Gasteiger partial charge in [-0.05, 0) is 19.1 Å². The van der Waals surface area contributed by atoms with Gasteiger partial charge in [0, 0.05) is 19.2 Å². The van der Waals surface area contributed by atoms with Gasteiger partial charge in [-0.15, -0.1) is 0 Å². The van der Waals surface area contributed by atoms with Gasteiger partial charge in [0.05, 0.1) is 0 Å². The highest BCUT2D eigenvalue weighted by Crippen LogP contribution is 2.19. The zero-order valence-corrected chi connectivity index (χ0v) is 10.7. The molecule has 0 saturated carbocycles. The molecule has 0 bridgehead atoms. The molecule has 100 valence electrons. The van der Waals surface area contributed by atoms with Crippen LogP contribution in [0.2, 0.25) is 0 Å². The van der Waals surface area contributed by atoms with Crippen molar-refractivity contribution in [1.82, 2.24) is 0 Å². The fraction of sp³-hybridized carbons (Fsp3) is 0.308. The summed E-state index contributed by atoms with van der Waals surface area (Å²) in [4.78, 5) is 29.2. The van der Waals surface area contributed by atoms with Crippen LogP contribution in [0.5, 0.6) is 0 Å². The Morgan fingerprint density at radius 1 is 1.37 bits per heavy atom. The first kappa shape index (κ1) is 13.1. The molecule has 1 N–H and O–H groups in total. The SMILES string of the molecule is Cc1ccc(N(C)C(=O)C2CC(C(=O)O)=NO2)cc1. The Labute approximate surface area is 110 Å². The number of carbonyl (C=O) groups is 2. The second kappa shape index (κ2) is 5.09. The molecule has 0 aromatic heterocycles. The number of hydrogen-bond donors (Lipinski definition) is 1. The molecule has 6 nitrogen and oxygen atoms in total. The minimum Gasteiger partial charge on any atom is -0.477 e. The molecule has 0 spiro atoms. The average Bonchev–Trinajstić information content (AvgIpc) is 2.87. The van der Waals surface area contributed by atoms with E-state index in [2.05, 4.69) is 5.16 Å². The highest BCUT2D eigenvalue weighted by Gasteiger charge is 2.33. The van der Waals surface area contributed by atoms with Gasteiger partial charge in [-0.3, -0.25) is 4.79 Å². The molecular weight excluding hydrogens is 248 g/mol. The molecule has 19 heavy (non-hydrogen) atoms. The van der Waals surface area contributed by atoms with E-state index in [0.29, 0.717) is 0 Å². The number of hydrogen-bond acceptors (Lipinski definition) is 4. The van der Waals surface area contributed by atoms with Crippen LogP contribution in [-0.4, -0.2) is 35.8 Å². The van der Waals surface area contributed by atoms with Gasteiger partial charge in [-0.2, -0.15) is 0 Å². The third kappa shape index (κ3) is 2.73. The second-order valence-electron chi connectivity index (χ2n) is 4.37. The number of aliphatic carboxylic acids is 1. The van der Waals surface area contributed by atoms with Crippen LogP contribution in [0.25, 0.3) is 0 Å². The van der Waals surface area contributed by atoms with Crippen LogP contribution in [-0.2, 0) is 14.4 Å². The van der Waals surface area contributed by atoms with Gasteiger partial charge in [0.25, 0.3) is 5.91 Å². The van der Waals surface area contributed by atoms with E-state index < -0.39 is 12.1 Å². The average molecular weight is 262 g/mol. The Morgan fingerprint density at radius 3 is 2.53 bits per heavy atom. The topological polar surface area (TPSA) is 79.2 Å². The van der Waals surface area contributed by atoms with Crippen molar-refractivity contribution in [2.45, 2.75) is 19.4 Å². The number of rotatable bonds is 3. The van der Waals surface area contributed by atoms with Gasteiger partial charge in [-0.1, -0.05) is 22.9 Å². The monoisotopic (exact) mass is 262 g/mol. The molecule has 0 radical (unpaired) electrons. The van der Waals surface area contributed by atoms with Gasteiger partial charge in [0.15, 0.2) is 5.71 Å². The number of benzene rings is 1. The van der Waals surface area contributed by atoms with Crippen molar-refractivity contribution in [3.05, 3.63) is 29.8 Å². The van der Waals surface area contributed by atoms with Gasteiger partial charge in [0.1, 0.15) is 0 Å². The van der Waals surface area contributed by atoms with E-state index >= 15 is 0 Å². The molecule has 1 aromatic carbocycles. The van der Waals surface area contributed by atoms with E-state index in [1.165, 1.54) is 4.90 Å². The Morgan fingerprint density at radius 2 is 2.00 bits per heavy atom. The number of aryl methyl sites for hydroxylation is 1. The summed E-state index contributed by atoms with van der Waals surface area (Å²) in [6, 6.07) is 7.43. The molecule has 1 unspecified atom stereocenters. The standard InChI is InChI=1S/C13H14N2O4/c1-8-3-5-9(6-4-8)15(2)12(16)11-7-10(13(17)18)14-19-11/h3-6,11H,7H2,1-2H3,(H,17,18). The van der Waals surface area contributed by atoms with E-state index in [0.717, 1.165) is 11.3 Å². The normalized spacial score (nSPS) is 17.6. The highest BCUT2D eigenvalue weighted by atomic mass is 16.6. The lowest BCUT2D eigenvalue weighted by Gasteiger charge is -2.19. The fourth-order valence-corrected chi connectivity index (χ4v) is 1.75. The predicted octanol–water partition coefficient (Wildman–Crippen LogP) is 1.19. The molecule has 1 atom stereocenters. The molecule has 6 heteroatoms. The van der Waals surface area contributed by atoms with E-state index in [-0.39, 0.29) is 18.0 Å². The quantitative estimate of drug-likeness (QED) is 0.887. The maximum absolute atomic E-state index is 12.1. The third-order valence-corrected chi connectivity index (χ3v) is 2.94. The number of likely N-dealkylation sites (N-methyl/N-ethyl adjacent to an activating group) is 1. The Hall–Kier alpha value is -2.37. The minimum atomic E-state index is -1.16. The number of anilines is 1. The zero-order chi connectivity index (χ0) is 14.0. The maximum Gasteiger partial charge on any atom is 0.353 e. The summed E-state index contributed by atoms with van der Waals surface area (Å²) >= 11 is 0. The van der Waals surface area contributed by atoms with Crippen LogP contribution >= 0.6 is 0 Å². The fourth-order valence-electron chi connectivity index (χ4n) is 1.75. The van der Waals surface area contributed by atoms with Gasteiger partial charge < -0.3 is 14.8 Å². The summed E-state index contributed by atoms with van der Waals surface area (Å²) < 4.78 is 0. The summed E-state index contributed by atoms with van der Waals surface area (Å²) in [6.45, 7) is 1.96. The lowest BCUT2D eigenvalue weighted by atomic mass is 10.1. The third-order valence-electron chi connectivity index (χ3n) is 2.94. The Kier molecular flexibility index (Phi) is 3.50. The summed E-state index contributed by atoms with van der Waals surface area (Å²) in [5, 5.41) is 12.2. The molecule has 0 fully saturated rings. The van der Waals surface area contributed by atoms with Crippen LogP contribution < -0.4 is 4.90 Å².